The highest BCUT2D eigenvalue weighted by Gasteiger charge is 2.46. The number of ether oxygens (including phenoxy) is 2. The Balaban J connectivity index is 1.37. The van der Waals surface area contributed by atoms with Crippen molar-refractivity contribution in [3.63, 3.8) is 0 Å². The number of halogens is 2. The fraction of sp³-hybridized carbons (Fsp3) is 0.423. The minimum Gasteiger partial charge on any atom is -0.497 e. The predicted octanol–water partition coefficient (Wildman–Crippen LogP) is 5.94. The van der Waals surface area contributed by atoms with Crippen molar-refractivity contribution < 1.29 is 14.3 Å². The molecule has 0 atom stereocenters. The maximum atomic E-state index is 14.0. The standard InChI is InChI=1S/C26H28Cl2N2O3/c1-32-19-3-5-24-20(15-19)21(16-29-24)17-6-10-30(11-7-17)25(31)26(8-12-33-13-9-26)22-4-2-18(27)14-23(22)28/h2-5,14-17,29H,6-13H2,1H3. The number of H-pyrrole nitrogens is 1. The number of hydrogen-bond donors (Lipinski definition) is 1. The molecule has 2 fully saturated rings. The van der Waals surface area contributed by atoms with Crippen LogP contribution in [0.15, 0.2) is 42.6 Å². The number of likely N-dealkylation sites (tertiary alicyclic amines) is 1. The Morgan fingerprint density at radius 2 is 1.88 bits per heavy atom. The molecular formula is C26H28Cl2N2O3. The molecule has 0 bridgehead atoms. The van der Waals surface area contributed by atoms with Gasteiger partial charge in [-0.2, -0.15) is 0 Å². The molecule has 0 unspecified atom stereocenters. The van der Waals surface area contributed by atoms with E-state index in [-0.39, 0.29) is 5.91 Å². The number of aromatic nitrogens is 1. The molecule has 174 valence electrons. The summed E-state index contributed by atoms with van der Waals surface area (Å²) in [5, 5.41) is 2.34. The normalized spacial score (nSPS) is 19.1. The van der Waals surface area contributed by atoms with E-state index in [9.17, 15) is 4.79 Å². The first-order valence-electron chi connectivity index (χ1n) is 11.5. The molecule has 0 radical (unpaired) electrons. The highest BCUT2D eigenvalue weighted by Crippen LogP contribution is 2.43. The van der Waals surface area contributed by atoms with Crippen molar-refractivity contribution in [3.8, 4) is 5.75 Å². The minimum atomic E-state index is -0.652. The van der Waals surface area contributed by atoms with Gasteiger partial charge in [-0.3, -0.25) is 4.79 Å². The van der Waals surface area contributed by atoms with Crippen molar-refractivity contribution in [2.24, 2.45) is 0 Å². The molecule has 0 spiro atoms. The Bertz CT molecular complexity index is 1160. The van der Waals surface area contributed by atoms with Crippen LogP contribution >= 0.6 is 23.2 Å². The van der Waals surface area contributed by atoms with Crippen LogP contribution in [-0.2, 0) is 14.9 Å². The summed E-state index contributed by atoms with van der Waals surface area (Å²) in [5.74, 6) is 1.42. The summed E-state index contributed by atoms with van der Waals surface area (Å²) in [6, 6.07) is 11.6. The summed E-state index contributed by atoms with van der Waals surface area (Å²) in [6.45, 7) is 2.57. The second-order valence-corrected chi connectivity index (χ2v) is 9.88. The third kappa shape index (κ3) is 4.11. The van der Waals surface area contributed by atoms with Crippen LogP contribution in [0.4, 0.5) is 0 Å². The van der Waals surface area contributed by atoms with Gasteiger partial charge in [0.05, 0.1) is 12.5 Å². The number of amides is 1. The van der Waals surface area contributed by atoms with Gasteiger partial charge >= 0.3 is 0 Å². The number of benzene rings is 2. The van der Waals surface area contributed by atoms with E-state index in [1.54, 1.807) is 13.2 Å². The Hall–Kier alpha value is -2.21. The van der Waals surface area contributed by atoms with E-state index in [0.29, 0.717) is 42.0 Å². The average molecular weight is 487 g/mol. The summed E-state index contributed by atoms with van der Waals surface area (Å²) >= 11 is 12.7. The van der Waals surface area contributed by atoms with Crippen LogP contribution in [0.5, 0.6) is 5.75 Å². The lowest BCUT2D eigenvalue weighted by Gasteiger charge is -2.42. The Morgan fingerprint density at radius 1 is 1.12 bits per heavy atom. The molecule has 0 aliphatic carbocycles. The molecule has 3 aromatic rings. The van der Waals surface area contributed by atoms with Gasteiger partial charge < -0.3 is 19.4 Å². The largest absolute Gasteiger partial charge is 0.497 e. The van der Waals surface area contributed by atoms with Gasteiger partial charge in [-0.25, -0.2) is 0 Å². The number of methoxy groups -OCH3 is 1. The van der Waals surface area contributed by atoms with Crippen LogP contribution in [0.2, 0.25) is 10.0 Å². The van der Waals surface area contributed by atoms with Crippen molar-refractivity contribution >= 4 is 40.0 Å². The van der Waals surface area contributed by atoms with Crippen LogP contribution in [0.25, 0.3) is 10.9 Å². The smallest absolute Gasteiger partial charge is 0.233 e. The molecule has 5 nitrogen and oxygen atoms in total. The number of piperidine rings is 1. The van der Waals surface area contributed by atoms with Gasteiger partial charge in [0, 0.05) is 53.4 Å². The first-order chi connectivity index (χ1) is 16.0. The fourth-order valence-electron chi connectivity index (χ4n) is 5.48. The van der Waals surface area contributed by atoms with E-state index in [0.717, 1.165) is 42.8 Å². The number of hydrogen-bond acceptors (Lipinski definition) is 3. The van der Waals surface area contributed by atoms with Gasteiger partial charge in [0.25, 0.3) is 0 Å². The van der Waals surface area contributed by atoms with E-state index in [2.05, 4.69) is 23.3 Å². The van der Waals surface area contributed by atoms with Crippen LogP contribution < -0.4 is 4.74 Å². The molecule has 7 heteroatoms. The number of fused-ring (bicyclic) bond motifs is 1. The Morgan fingerprint density at radius 3 is 2.58 bits per heavy atom. The second-order valence-electron chi connectivity index (χ2n) is 9.04. The van der Waals surface area contributed by atoms with Crippen molar-refractivity contribution in [2.75, 3.05) is 33.4 Å². The number of carbonyl (C=O) groups excluding carboxylic acids is 1. The summed E-state index contributed by atoms with van der Waals surface area (Å²) in [4.78, 5) is 19.4. The molecule has 0 saturated carbocycles. The SMILES string of the molecule is COc1ccc2[nH]cc(C3CCN(C(=O)C4(c5ccc(Cl)cc5Cl)CCOCC4)CC3)c2c1. The van der Waals surface area contributed by atoms with Gasteiger partial charge in [-0.15, -0.1) is 0 Å². The monoisotopic (exact) mass is 486 g/mol. The lowest BCUT2D eigenvalue weighted by molar-refractivity contribution is -0.142. The van der Waals surface area contributed by atoms with E-state index in [4.69, 9.17) is 32.7 Å². The van der Waals surface area contributed by atoms with Crippen LogP contribution in [0, 0.1) is 0 Å². The molecular weight excluding hydrogens is 459 g/mol. The topological polar surface area (TPSA) is 54.6 Å². The van der Waals surface area contributed by atoms with Gasteiger partial charge in [-0.05, 0) is 73.1 Å². The van der Waals surface area contributed by atoms with Crippen molar-refractivity contribution in [1.82, 2.24) is 9.88 Å². The highest BCUT2D eigenvalue weighted by atomic mass is 35.5. The summed E-state index contributed by atoms with van der Waals surface area (Å²) in [6.07, 6.45) is 5.23. The third-order valence-corrected chi connectivity index (χ3v) is 7.89. The number of rotatable bonds is 4. The van der Waals surface area contributed by atoms with Gasteiger partial charge in [0.1, 0.15) is 5.75 Å². The van der Waals surface area contributed by atoms with Crippen LogP contribution in [0.1, 0.15) is 42.7 Å². The molecule has 2 aliphatic rings. The first kappa shape index (κ1) is 22.6. The lowest BCUT2D eigenvalue weighted by atomic mass is 9.72. The van der Waals surface area contributed by atoms with Crippen LogP contribution in [0.3, 0.4) is 0 Å². The minimum absolute atomic E-state index is 0.161. The molecule has 33 heavy (non-hydrogen) atoms. The van der Waals surface area contributed by atoms with Gasteiger partial charge in [-0.1, -0.05) is 29.3 Å². The Labute approximate surface area is 204 Å². The average Bonchev–Trinajstić information content (AvgIpc) is 3.27. The number of carbonyl (C=O) groups is 1. The quantitative estimate of drug-likeness (QED) is 0.496. The highest BCUT2D eigenvalue weighted by molar-refractivity contribution is 6.35. The summed E-state index contributed by atoms with van der Waals surface area (Å²) in [5.41, 5.74) is 2.63. The number of aromatic amines is 1. The predicted molar refractivity (Wildman–Crippen MR) is 132 cm³/mol. The van der Waals surface area contributed by atoms with Gasteiger partial charge in [0.15, 0.2) is 0 Å². The van der Waals surface area contributed by atoms with E-state index < -0.39 is 5.41 Å². The Kier molecular flexibility index (Phi) is 6.30. The van der Waals surface area contributed by atoms with Crippen molar-refractivity contribution in [1.29, 1.82) is 0 Å². The molecule has 5 rings (SSSR count). The molecule has 2 saturated heterocycles. The van der Waals surface area contributed by atoms with Crippen molar-refractivity contribution in [2.45, 2.75) is 37.0 Å². The molecule has 2 aromatic carbocycles. The van der Waals surface area contributed by atoms with E-state index in [1.807, 2.05) is 23.1 Å². The second kappa shape index (κ2) is 9.21. The van der Waals surface area contributed by atoms with Crippen molar-refractivity contribution in [3.05, 3.63) is 63.8 Å². The molecule has 1 N–H and O–H groups in total. The lowest BCUT2D eigenvalue weighted by Crippen LogP contribution is -2.52. The molecule has 1 amide bonds. The third-order valence-electron chi connectivity index (χ3n) is 7.35. The number of nitrogens with zero attached hydrogens (tertiary/aromatic N) is 1. The molecule has 1 aromatic heterocycles. The van der Waals surface area contributed by atoms with Crippen LogP contribution in [-0.4, -0.2) is 49.2 Å². The fourth-order valence-corrected chi connectivity index (χ4v) is 6.07. The zero-order valence-electron chi connectivity index (χ0n) is 18.7. The summed E-state index contributed by atoms with van der Waals surface area (Å²) < 4.78 is 11.0. The molecule has 3 heterocycles. The van der Waals surface area contributed by atoms with Gasteiger partial charge in [0.2, 0.25) is 5.91 Å². The zero-order valence-corrected chi connectivity index (χ0v) is 20.2. The molecule has 2 aliphatic heterocycles. The van der Waals surface area contributed by atoms with E-state index in [1.165, 1.54) is 10.9 Å². The maximum absolute atomic E-state index is 14.0. The number of nitrogens with one attached hydrogen (secondary N) is 1. The zero-order chi connectivity index (χ0) is 23.0. The maximum Gasteiger partial charge on any atom is 0.233 e. The summed E-state index contributed by atoms with van der Waals surface area (Å²) in [7, 11) is 1.69. The van der Waals surface area contributed by atoms with E-state index >= 15 is 0 Å². The first-order valence-corrected chi connectivity index (χ1v) is 12.2.